The van der Waals surface area contributed by atoms with E-state index in [1.807, 2.05) is 31.2 Å². The van der Waals surface area contributed by atoms with Crippen LogP contribution in [0.5, 0.6) is 0 Å². The summed E-state index contributed by atoms with van der Waals surface area (Å²) in [6.07, 6.45) is 1.72. The molecule has 0 atom stereocenters. The van der Waals surface area contributed by atoms with Gasteiger partial charge in [-0.15, -0.1) is 0 Å². The third-order valence-electron chi connectivity index (χ3n) is 3.77. The zero-order valence-electron chi connectivity index (χ0n) is 13.5. The van der Waals surface area contributed by atoms with Crippen LogP contribution in [0.2, 0.25) is 0 Å². The third-order valence-corrected chi connectivity index (χ3v) is 3.77. The van der Waals surface area contributed by atoms with Crippen molar-refractivity contribution in [3.63, 3.8) is 0 Å². The van der Waals surface area contributed by atoms with Crippen LogP contribution in [0.4, 0.5) is 5.82 Å². The molecule has 1 amide bonds. The van der Waals surface area contributed by atoms with Crippen LogP contribution in [0.3, 0.4) is 0 Å². The molecule has 0 aliphatic rings. The van der Waals surface area contributed by atoms with Crippen LogP contribution in [-0.2, 0) is 0 Å². The average molecular weight is 305 g/mol. The number of benzene rings is 1. The van der Waals surface area contributed by atoms with Crippen molar-refractivity contribution < 1.29 is 4.79 Å². The number of rotatable bonds is 3. The molecule has 0 saturated carbocycles. The van der Waals surface area contributed by atoms with Crippen molar-refractivity contribution in [1.82, 2.24) is 9.97 Å². The van der Waals surface area contributed by atoms with Crippen molar-refractivity contribution in [1.29, 1.82) is 0 Å². The maximum absolute atomic E-state index is 12.3. The minimum atomic E-state index is -0.252. The number of hydrogen-bond donors (Lipinski definition) is 1. The van der Waals surface area contributed by atoms with Crippen molar-refractivity contribution in [2.45, 2.75) is 26.7 Å². The molecule has 0 fully saturated rings. The smallest absolute Gasteiger partial charge is 0.275 e. The largest absolute Gasteiger partial charge is 0.305 e. The van der Waals surface area contributed by atoms with Gasteiger partial charge in [0.1, 0.15) is 11.5 Å². The normalized spacial score (nSPS) is 11.0. The maximum Gasteiger partial charge on any atom is 0.275 e. The van der Waals surface area contributed by atoms with Gasteiger partial charge in [0.05, 0.1) is 5.52 Å². The number of pyridine rings is 2. The average Bonchev–Trinajstić information content (AvgIpc) is 2.55. The lowest BCUT2D eigenvalue weighted by molar-refractivity contribution is 0.102. The number of carbonyl (C=O) groups excluding carboxylic acids is 1. The van der Waals surface area contributed by atoms with Crippen molar-refractivity contribution in [2.75, 3.05) is 5.32 Å². The standard InChI is InChI=1S/C19H19N3O/c1-12(2)15-6-5-14-7-8-16(21-17(14)10-15)19(23)22-18-9-4-13(3)11-20-18/h4-12H,1-3H3,(H,20,22,23). The second-order valence-corrected chi connectivity index (χ2v) is 5.98. The minimum Gasteiger partial charge on any atom is -0.305 e. The number of hydrogen-bond acceptors (Lipinski definition) is 3. The predicted octanol–water partition coefficient (Wildman–Crippen LogP) is 4.31. The number of carbonyl (C=O) groups is 1. The Balaban J connectivity index is 1.89. The second kappa shape index (κ2) is 6.16. The Morgan fingerprint density at radius 3 is 2.57 bits per heavy atom. The van der Waals surface area contributed by atoms with Crippen LogP contribution >= 0.6 is 0 Å². The number of fused-ring (bicyclic) bond motifs is 1. The molecular weight excluding hydrogens is 286 g/mol. The van der Waals surface area contributed by atoms with Gasteiger partial charge < -0.3 is 5.32 Å². The number of aromatic nitrogens is 2. The Hall–Kier alpha value is -2.75. The molecule has 0 radical (unpaired) electrons. The molecule has 0 unspecified atom stereocenters. The highest BCUT2D eigenvalue weighted by atomic mass is 16.1. The van der Waals surface area contributed by atoms with Crippen LogP contribution in [0.25, 0.3) is 10.9 Å². The van der Waals surface area contributed by atoms with Gasteiger partial charge in [-0.05, 0) is 42.2 Å². The number of aryl methyl sites for hydroxylation is 1. The van der Waals surface area contributed by atoms with Crippen LogP contribution in [0, 0.1) is 6.92 Å². The first kappa shape index (κ1) is 15.2. The Morgan fingerprint density at radius 1 is 1.09 bits per heavy atom. The molecule has 3 aromatic rings. The molecular formula is C19H19N3O. The number of nitrogens with zero attached hydrogens (tertiary/aromatic N) is 2. The molecule has 0 saturated heterocycles. The second-order valence-electron chi connectivity index (χ2n) is 5.98. The predicted molar refractivity (Wildman–Crippen MR) is 92.8 cm³/mol. The summed E-state index contributed by atoms with van der Waals surface area (Å²) >= 11 is 0. The summed E-state index contributed by atoms with van der Waals surface area (Å²) in [6.45, 7) is 6.23. The Morgan fingerprint density at radius 2 is 1.87 bits per heavy atom. The van der Waals surface area contributed by atoms with E-state index in [0.717, 1.165) is 16.5 Å². The van der Waals surface area contributed by atoms with Crippen LogP contribution in [0.15, 0.2) is 48.7 Å². The fraction of sp³-hybridized carbons (Fsp3) is 0.211. The summed E-state index contributed by atoms with van der Waals surface area (Å²) in [5, 5.41) is 3.80. The summed E-state index contributed by atoms with van der Waals surface area (Å²) in [6, 6.07) is 13.5. The summed E-state index contributed by atoms with van der Waals surface area (Å²) in [4.78, 5) is 21.0. The topological polar surface area (TPSA) is 54.9 Å². The lowest BCUT2D eigenvalue weighted by Gasteiger charge is -2.08. The molecule has 4 nitrogen and oxygen atoms in total. The van der Waals surface area contributed by atoms with Gasteiger partial charge in [0.15, 0.2) is 0 Å². The molecule has 1 N–H and O–H groups in total. The first-order chi connectivity index (χ1) is 11.0. The minimum absolute atomic E-state index is 0.252. The molecule has 0 spiro atoms. The Labute approximate surface area is 135 Å². The lowest BCUT2D eigenvalue weighted by atomic mass is 10.0. The van der Waals surface area contributed by atoms with E-state index in [2.05, 4.69) is 35.2 Å². The summed E-state index contributed by atoms with van der Waals surface area (Å²) in [5.74, 6) is 0.701. The fourth-order valence-corrected chi connectivity index (χ4v) is 2.34. The van der Waals surface area contributed by atoms with E-state index in [1.165, 1.54) is 5.56 Å². The van der Waals surface area contributed by atoms with Gasteiger partial charge >= 0.3 is 0 Å². The van der Waals surface area contributed by atoms with E-state index in [4.69, 9.17) is 0 Å². The highest BCUT2D eigenvalue weighted by Gasteiger charge is 2.10. The molecule has 2 heterocycles. The highest BCUT2D eigenvalue weighted by molar-refractivity contribution is 6.03. The quantitative estimate of drug-likeness (QED) is 0.784. The highest BCUT2D eigenvalue weighted by Crippen LogP contribution is 2.20. The summed E-state index contributed by atoms with van der Waals surface area (Å²) < 4.78 is 0. The number of amides is 1. The van der Waals surface area contributed by atoms with E-state index < -0.39 is 0 Å². The SMILES string of the molecule is Cc1ccc(NC(=O)c2ccc3ccc(C(C)C)cc3n2)nc1. The molecule has 4 heteroatoms. The van der Waals surface area contributed by atoms with Gasteiger partial charge in [-0.2, -0.15) is 0 Å². The fourth-order valence-electron chi connectivity index (χ4n) is 2.34. The Kier molecular flexibility index (Phi) is 4.06. The van der Waals surface area contributed by atoms with Gasteiger partial charge in [0, 0.05) is 11.6 Å². The van der Waals surface area contributed by atoms with Crippen molar-refractivity contribution in [2.24, 2.45) is 0 Å². The van der Waals surface area contributed by atoms with E-state index in [0.29, 0.717) is 17.4 Å². The van der Waals surface area contributed by atoms with E-state index >= 15 is 0 Å². The first-order valence-corrected chi connectivity index (χ1v) is 7.67. The van der Waals surface area contributed by atoms with Gasteiger partial charge in [-0.1, -0.05) is 38.1 Å². The molecule has 23 heavy (non-hydrogen) atoms. The molecule has 3 rings (SSSR count). The van der Waals surface area contributed by atoms with Crippen LogP contribution in [0.1, 0.15) is 41.4 Å². The van der Waals surface area contributed by atoms with E-state index in [9.17, 15) is 4.79 Å². The molecule has 0 bridgehead atoms. The van der Waals surface area contributed by atoms with E-state index in [-0.39, 0.29) is 5.91 Å². The molecule has 0 aliphatic heterocycles. The Bertz CT molecular complexity index is 854. The van der Waals surface area contributed by atoms with Gasteiger partial charge in [-0.3, -0.25) is 4.79 Å². The number of anilines is 1. The third kappa shape index (κ3) is 3.37. The first-order valence-electron chi connectivity index (χ1n) is 7.67. The van der Waals surface area contributed by atoms with Gasteiger partial charge in [0.25, 0.3) is 5.91 Å². The van der Waals surface area contributed by atoms with Gasteiger partial charge in [0.2, 0.25) is 0 Å². The van der Waals surface area contributed by atoms with Gasteiger partial charge in [-0.25, -0.2) is 9.97 Å². The zero-order chi connectivity index (χ0) is 16.4. The van der Waals surface area contributed by atoms with Crippen molar-refractivity contribution >= 4 is 22.6 Å². The number of nitrogens with one attached hydrogen (secondary N) is 1. The molecule has 1 aromatic carbocycles. The van der Waals surface area contributed by atoms with Crippen molar-refractivity contribution in [3.05, 3.63) is 65.5 Å². The lowest BCUT2D eigenvalue weighted by Crippen LogP contribution is -2.14. The van der Waals surface area contributed by atoms with Crippen LogP contribution in [-0.4, -0.2) is 15.9 Å². The van der Waals surface area contributed by atoms with E-state index in [1.54, 1.807) is 18.3 Å². The molecule has 2 aromatic heterocycles. The van der Waals surface area contributed by atoms with Crippen molar-refractivity contribution in [3.8, 4) is 0 Å². The maximum atomic E-state index is 12.3. The van der Waals surface area contributed by atoms with Crippen LogP contribution < -0.4 is 5.32 Å². The molecule has 0 aliphatic carbocycles. The zero-order valence-corrected chi connectivity index (χ0v) is 13.5. The monoisotopic (exact) mass is 305 g/mol. The summed E-state index contributed by atoms with van der Waals surface area (Å²) in [5.41, 5.74) is 3.48. The summed E-state index contributed by atoms with van der Waals surface area (Å²) in [7, 11) is 0. The molecule has 116 valence electrons.